The average molecular weight is 663 g/mol. The molecule has 8 atom stereocenters. The van der Waals surface area contributed by atoms with E-state index in [0.717, 1.165) is 0 Å². The van der Waals surface area contributed by atoms with E-state index in [2.05, 4.69) is 10.2 Å². The number of allylic oxidation sites excluding steroid dienone is 4. The standard InChI is InChI=1S/C32H39FN2O12/c1-29-9-8-21(36)13-20(29)6-7-22-23-14-24(37)32(42,30(23,2)15-25(38)31(22,29)33)26(39)17-46-28(41)34-10-11-45-27(40)19-5-3-4-18(12-19)16-47-35(43)44/h3-5,8-9,12-13,22-25,37-38,42-44H,6-7,10-11,14-17H2,1-2H3,(H,34,41)/t22-,23-,24+,25-,29-,30-,31-,32-/m0/s1. The van der Waals surface area contributed by atoms with Crippen LogP contribution in [0.25, 0.3) is 0 Å². The zero-order valence-electron chi connectivity index (χ0n) is 25.9. The van der Waals surface area contributed by atoms with Gasteiger partial charge in [0.25, 0.3) is 0 Å². The Kier molecular flexibility index (Phi) is 9.47. The normalized spacial score (nSPS) is 35.8. The molecule has 1 aromatic rings. The van der Waals surface area contributed by atoms with Gasteiger partial charge in [-0.1, -0.05) is 30.7 Å². The van der Waals surface area contributed by atoms with Crippen LogP contribution in [0.5, 0.6) is 0 Å². The number of aliphatic hydroxyl groups is 3. The summed E-state index contributed by atoms with van der Waals surface area (Å²) < 4.78 is 27.3. The minimum absolute atomic E-state index is 0.117. The van der Waals surface area contributed by atoms with Crippen LogP contribution in [-0.2, 0) is 30.5 Å². The van der Waals surface area contributed by atoms with E-state index >= 15 is 4.39 Å². The summed E-state index contributed by atoms with van der Waals surface area (Å²) in [6.45, 7) is 1.55. The van der Waals surface area contributed by atoms with Crippen molar-refractivity contribution in [2.75, 3.05) is 19.8 Å². The molecular weight excluding hydrogens is 623 g/mol. The van der Waals surface area contributed by atoms with E-state index in [1.54, 1.807) is 13.0 Å². The quantitative estimate of drug-likeness (QED) is 0.120. The maximum Gasteiger partial charge on any atom is 0.407 e. The molecule has 0 bridgehead atoms. The second-order valence-electron chi connectivity index (χ2n) is 13.1. The van der Waals surface area contributed by atoms with Gasteiger partial charge in [0, 0.05) is 16.7 Å². The molecule has 47 heavy (non-hydrogen) atoms. The fourth-order valence-corrected chi connectivity index (χ4v) is 8.32. The van der Waals surface area contributed by atoms with Gasteiger partial charge in [0.05, 0.1) is 36.3 Å². The van der Waals surface area contributed by atoms with Crippen LogP contribution in [0.2, 0.25) is 0 Å². The van der Waals surface area contributed by atoms with E-state index in [-0.39, 0.29) is 50.4 Å². The Labute approximate surface area is 269 Å². The number of ether oxygens (including phenoxy) is 2. The van der Waals surface area contributed by atoms with Gasteiger partial charge in [-0.05, 0) is 68.4 Å². The predicted molar refractivity (Wildman–Crippen MR) is 156 cm³/mol. The minimum Gasteiger partial charge on any atom is -0.460 e. The molecule has 3 saturated carbocycles. The third kappa shape index (κ3) is 5.79. The van der Waals surface area contributed by atoms with Crippen molar-refractivity contribution in [3.05, 3.63) is 59.2 Å². The number of esters is 1. The molecule has 4 aliphatic carbocycles. The van der Waals surface area contributed by atoms with Gasteiger partial charge in [-0.3, -0.25) is 20.0 Å². The number of hydrogen-bond donors (Lipinski definition) is 6. The molecule has 0 spiro atoms. The third-order valence-corrected chi connectivity index (χ3v) is 10.7. The minimum atomic E-state index is -2.45. The van der Waals surface area contributed by atoms with Crippen molar-refractivity contribution in [3.63, 3.8) is 0 Å². The lowest BCUT2D eigenvalue weighted by Crippen LogP contribution is -2.69. The highest BCUT2D eigenvalue weighted by Gasteiger charge is 2.76. The maximum absolute atomic E-state index is 17.2. The Hall–Kier alpha value is -3.57. The fourth-order valence-electron chi connectivity index (χ4n) is 8.32. The zero-order valence-corrected chi connectivity index (χ0v) is 25.9. The summed E-state index contributed by atoms with van der Waals surface area (Å²) in [7, 11) is 0. The lowest BCUT2D eigenvalue weighted by Gasteiger charge is -2.62. The fraction of sp³-hybridized carbons (Fsp3) is 0.562. The van der Waals surface area contributed by atoms with E-state index in [4.69, 9.17) is 19.9 Å². The first kappa shape index (κ1) is 34.8. The molecule has 0 aliphatic heterocycles. The maximum atomic E-state index is 17.2. The molecule has 0 aromatic heterocycles. The van der Waals surface area contributed by atoms with Crippen LogP contribution in [0.3, 0.4) is 0 Å². The van der Waals surface area contributed by atoms with Crippen LogP contribution >= 0.6 is 0 Å². The second-order valence-corrected chi connectivity index (χ2v) is 13.1. The molecule has 15 heteroatoms. The number of alkyl halides is 1. The van der Waals surface area contributed by atoms with Gasteiger partial charge in [0.1, 0.15) is 6.61 Å². The topological polar surface area (TPSA) is 212 Å². The van der Waals surface area contributed by atoms with Crippen molar-refractivity contribution >= 4 is 23.6 Å². The second kappa shape index (κ2) is 12.8. The van der Waals surface area contributed by atoms with Gasteiger partial charge in [-0.2, -0.15) is 0 Å². The van der Waals surface area contributed by atoms with Crippen LogP contribution in [0, 0.1) is 22.7 Å². The summed E-state index contributed by atoms with van der Waals surface area (Å²) in [6, 6.07) is 5.97. The first-order valence-corrected chi connectivity index (χ1v) is 15.3. The molecule has 3 fully saturated rings. The zero-order chi connectivity index (χ0) is 34.4. The molecule has 0 radical (unpaired) electrons. The highest BCUT2D eigenvalue weighted by atomic mass is 19.1. The summed E-state index contributed by atoms with van der Waals surface area (Å²) in [4.78, 5) is 54.6. The molecule has 6 N–H and O–H groups in total. The number of nitrogens with zero attached hydrogens (tertiary/aromatic N) is 1. The van der Waals surface area contributed by atoms with E-state index in [0.29, 0.717) is 17.6 Å². The molecular formula is C32H39FN2O12. The number of alkyl carbamates (subject to hydrolysis) is 1. The lowest BCUT2D eigenvalue weighted by atomic mass is 9.44. The van der Waals surface area contributed by atoms with Crippen LogP contribution in [0.4, 0.5) is 9.18 Å². The summed E-state index contributed by atoms with van der Waals surface area (Å²) in [5, 5.41) is 53.4. The van der Waals surface area contributed by atoms with Crippen molar-refractivity contribution in [1.29, 1.82) is 0 Å². The molecule has 0 unspecified atom stereocenters. The Morgan fingerprint density at radius 3 is 2.57 bits per heavy atom. The van der Waals surface area contributed by atoms with Crippen molar-refractivity contribution in [2.24, 2.45) is 22.7 Å². The Morgan fingerprint density at radius 1 is 1.11 bits per heavy atom. The molecule has 0 saturated heterocycles. The molecule has 5 rings (SSSR count). The number of halogens is 1. The van der Waals surface area contributed by atoms with Crippen molar-refractivity contribution in [3.8, 4) is 0 Å². The molecule has 256 valence electrons. The molecule has 0 heterocycles. The van der Waals surface area contributed by atoms with E-state index in [9.17, 15) is 34.5 Å². The van der Waals surface area contributed by atoms with Gasteiger partial charge in [-0.15, -0.1) is 0 Å². The largest absolute Gasteiger partial charge is 0.460 e. The summed E-state index contributed by atoms with van der Waals surface area (Å²) in [5.74, 6) is -3.55. The number of amides is 1. The Bertz CT molecular complexity index is 1500. The summed E-state index contributed by atoms with van der Waals surface area (Å²) >= 11 is 0. The van der Waals surface area contributed by atoms with Crippen LogP contribution in [-0.4, -0.2) is 98.0 Å². The number of Topliss-reactive ketones (excluding diaryl/α,β-unsaturated/α-hetero) is 1. The van der Waals surface area contributed by atoms with Gasteiger partial charge < -0.3 is 30.1 Å². The smallest absolute Gasteiger partial charge is 0.407 e. The number of carbonyl (C=O) groups is 4. The van der Waals surface area contributed by atoms with Gasteiger partial charge in [0.15, 0.2) is 23.7 Å². The number of nitrogens with one attached hydrogen (secondary N) is 1. The predicted octanol–water partition coefficient (Wildman–Crippen LogP) is 1.72. The number of hydrogen-bond acceptors (Lipinski definition) is 13. The van der Waals surface area contributed by atoms with E-state index < -0.39 is 76.0 Å². The number of fused-ring (bicyclic) bond motifs is 5. The van der Waals surface area contributed by atoms with Crippen LogP contribution in [0.15, 0.2) is 48.1 Å². The number of rotatable bonds is 10. The molecule has 14 nitrogen and oxygen atoms in total. The van der Waals surface area contributed by atoms with E-state index in [1.807, 2.05) is 0 Å². The highest BCUT2D eigenvalue weighted by molar-refractivity contribution is 6.01. The average Bonchev–Trinajstić information content (AvgIpc) is 3.23. The number of benzene rings is 1. The van der Waals surface area contributed by atoms with Crippen molar-refractivity contribution < 1.29 is 63.6 Å². The van der Waals surface area contributed by atoms with Crippen LogP contribution < -0.4 is 5.32 Å². The SMILES string of the molecule is C[C@]12C=CC(=O)C=C1CC[C@H]1[C@@H]3C[C@@H](O)[C@](O)(C(=O)COC(=O)NCCOC(=O)c4cccc(CON(O)O)c4)[C@@]3(C)C[C@H](O)[C@@]12F. The molecule has 1 amide bonds. The van der Waals surface area contributed by atoms with Gasteiger partial charge in [-0.25, -0.2) is 18.8 Å². The monoisotopic (exact) mass is 662 g/mol. The highest BCUT2D eigenvalue weighted by Crippen LogP contribution is 2.69. The lowest BCUT2D eigenvalue weighted by molar-refractivity contribution is -0.497. The number of aliphatic hydroxyl groups excluding tert-OH is 2. The number of carbonyl (C=O) groups excluding carboxylic acids is 4. The summed E-state index contributed by atoms with van der Waals surface area (Å²) in [5.41, 5.74) is -6.25. The number of ketones is 2. The van der Waals surface area contributed by atoms with Gasteiger partial charge in [0.2, 0.25) is 5.78 Å². The van der Waals surface area contributed by atoms with E-state index in [1.165, 1.54) is 43.4 Å². The van der Waals surface area contributed by atoms with Crippen LogP contribution in [0.1, 0.15) is 55.5 Å². The van der Waals surface area contributed by atoms with Crippen molar-refractivity contribution in [1.82, 2.24) is 10.7 Å². The first-order valence-electron chi connectivity index (χ1n) is 15.3. The Balaban J connectivity index is 1.17. The summed E-state index contributed by atoms with van der Waals surface area (Å²) in [6.07, 6.45) is -0.0123. The first-order chi connectivity index (χ1) is 22.1. The molecule has 1 aromatic carbocycles. The third-order valence-electron chi connectivity index (χ3n) is 10.7. The van der Waals surface area contributed by atoms with Gasteiger partial charge >= 0.3 is 12.1 Å². The van der Waals surface area contributed by atoms with Crippen molar-refractivity contribution in [2.45, 2.75) is 69.6 Å². The Morgan fingerprint density at radius 2 is 1.85 bits per heavy atom. The molecule has 4 aliphatic rings.